The zero-order chi connectivity index (χ0) is 23.7. The third-order valence-electron chi connectivity index (χ3n) is 5.44. The average Bonchev–Trinajstić information content (AvgIpc) is 3.28. The number of aromatic nitrogens is 3. The molecule has 0 unspecified atom stereocenters. The van der Waals surface area contributed by atoms with Gasteiger partial charge in [-0.05, 0) is 53.8 Å². The molecule has 0 aliphatic carbocycles. The summed E-state index contributed by atoms with van der Waals surface area (Å²) >= 11 is 1.65. The van der Waals surface area contributed by atoms with Gasteiger partial charge in [0, 0.05) is 34.0 Å². The number of nitrogens with two attached hydrogens (primary N) is 1. The molecule has 0 atom stereocenters. The van der Waals surface area contributed by atoms with Gasteiger partial charge in [-0.1, -0.05) is 18.1 Å². The highest BCUT2D eigenvalue weighted by molar-refractivity contribution is 7.13. The van der Waals surface area contributed by atoms with Crippen LogP contribution in [0.25, 0.3) is 32.1 Å². The van der Waals surface area contributed by atoms with Crippen molar-refractivity contribution in [1.82, 2.24) is 15.0 Å². The molecule has 0 aliphatic rings. The second-order valence-corrected chi connectivity index (χ2v) is 8.61. The maximum absolute atomic E-state index is 13.0. The lowest BCUT2D eigenvalue weighted by Crippen LogP contribution is -2.11. The van der Waals surface area contributed by atoms with Gasteiger partial charge in [0.2, 0.25) is 0 Å². The Balaban J connectivity index is 1.78. The van der Waals surface area contributed by atoms with Crippen molar-refractivity contribution < 1.29 is 4.79 Å². The number of anilines is 1. The van der Waals surface area contributed by atoms with Crippen molar-refractivity contribution in [3.05, 3.63) is 87.4 Å². The number of carbonyl (C=O) groups excluding carboxylic acids is 1. The second kappa shape index (κ2) is 8.81. The highest BCUT2D eigenvalue weighted by atomic mass is 32.1. The molecule has 4 heterocycles. The first kappa shape index (κ1) is 21.4. The molecule has 34 heavy (non-hydrogen) atoms. The highest BCUT2D eigenvalue weighted by Gasteiger charge is 2.16. The van der Waals surface area contributed by atoms with Gasteiger partial charge >= 0.3 is 0 Å². The Hall–Kier alpha value is -4.48. The predicted octanol–water partition coefficient (Wildman–Crippen LogP) is 3.96. The quantitative estimate of drug-likeness (QED) is 0.275. The first-order valence-electron chi connectivity index (χ1n) is 10.5. The monoisotopic (exact) mass is 465 g/mol. The molecule has 0 radical (unpaired) electrons. The number of pyridine rings is 3. The zero-order valence-electron chi connectivity index (χ0n) is 18.2. The van der Waals surface area contributed by atoms with Crippen molar-refractivity contribution in [1.29, 1.82) is 0 Å². The number of carbonyl (C=O) groups is 1. The van der Waals surface area contributed by atoms with Crippen LogP contribution in [0.1, 0.15) is 16.8 Å². The predicted molar refractivity (Wildman–Crippen MR) is 136 cm³/mol. The van der Waals surface area contributed by atoms with Crippen molar-refractivity contribution in [3.63, 3.8) is 0 Å². The number of nitrogens with one attached hydrogen (secondary N) is 2. The number of hydrogen-bond acceptors (Lipinski definition) is 6. The molecule has 1 aromatic carbocycles. The summed E-state index contributed by atoms with van der Waals surface area (Å²) in [5.41, 5.74) is 8.76. The lowest BCUT2D eigenvalue weighted by molar-refractivity contribution is -0.112. The highest BCUT2D eigenvalue weighted by Crippen LogP contribution is 2.35. The summed E-state index contributed by atoms with van der Waals surface area (Å²) in [4.78, 5) is 37.2. The summed E-state index contributed by atoms with van der Waals surface area (Å²) in [6.07, 6.45) is 3.19. The molecule has 7 nitrogen and oxygen atoms in total. The zero-order valence-corrected chi connectivity index (χ0v) is 19.0. The number of fused-ring (bicyclic) bond motifs is 3. The van der Waals surface area contributed by atoms with E-state index in [1.54, 1.807) is 17.5 Å². The van der Waals surface area contributed by atoms with E-state index in [4.69, 9.17) is 10.7 Å². The van der Waals surface area contributed by atoms with Crippen LogP contribution < -0.4 is 16.6 Å². The number of nitrogens with zero attached hydrogens (tertiary/aromatic N) is 2. The van der Waals surface area contributed by atoms with E-state index in [1.165, 1.54) is 6.20 Å². The van der Waals surface area contributed by atoms with Gasteiger partial charge in [0.15, 0.2) is 0 Å². The number of hydrogen-bond donors (Lipinski definition) is 3. The minimum atomic E-state index is -0.760. The van der Waals surface area contributed by atoms with Crippen LogP contribution in [0.5, 0.6) is 0 Å². The molecule has 0 fully saturated rings. The minimum absolute atomic E-state index is 0.284. The molecule has 4 N–H and O–H groups in total. The van der Waals surface area contributed by atoms with E-state index < -0.39 is 5.91 Å². The molecule has 4 aromatic heterocycles. The minimum Gasteiger partial charge on any atom is -0.364 e. The number of H-pyrrole nitrogens is 1. The molecule has 0 bridgehead atoms. The number of rotatable bonds is 4. The smallest absolute Gasteiger partial charge is 0.293 e. The van der Waals surface area contributed by atoms with Crippen LogP contribution >= 0.6 is 11.3 Å². The van der Waals surface area contributed by atoms with Gasteiger partial charge in [-0.2, -0.15) is 0 Å². The van der Waals surface area contributed by atoms with E-state index in [9.17, 15) is 9.59 Å². The molecule has 0 aliphatic heterocycles. The molecule has 5 aromatic rings. The third kappa shape index (κ3) is 4.00. The number of aryl methyl sites for hydroxylation is 1. The van der Waals surface area contributed by atoms with Crippen molar-refractivity contribution in [2.24, 2.45) is 5.73 Å². The number of amides is 1. The van der Waals surface area contributed by atoms with E-state index in [-0.39, 0.29) is 5.56 Å². The van der Waals surface area contributed by atoms with Crippen molar-refractivity contribution in [2.75, 3.05) is 5.32 Å². The number of benzene rings is 1. The van der Waals surface area contributed by atoms with E-state index in [0.717, 1.165) is 32.5 Å². The lowest BCUT2D eigenvalue weighted by Gasteiger charge is -2.13. The Morgan fingerprint density at radius 2 is 2.09 bits per heavy atom. The Kier molecular flexibility index (Phi) is 5.54. The maximum atomic E-state index is 13.0. The van der Waals surface area contributed by atoms with Gasteiger partial charge in [0.1, 0.15) is 5.82 Å². The first-order valence-corrected chi connectivity index (χ1v) is 11.4. The molecular weight excluding hydrogens is 446 g/mol. The van der Waals surface area contributed by atoms with Crippen LogP contribution in [-0.4, -0.2) is 20.9 Å². The van der Waals surface area contributed by atoms with Crippen molar-refractivity contribution >= 4 is 44.7 Å². The molecule has 0 saturated carbocycles. The number of thiophene rings is 1. The van der Waals surface area contributed by atoms with E-state index in [1.807, 2.05) is 41.8 Å². The van der Waals surface area contributed by atoms with Crippen LogP contribution in [0.3, 0.4) is 0 Å². The summed E-state index contributed by atoms with van der Waals surface area (Å²) in [5, 5.41) is 7.34. The molecule has 8 heteroatoms. The van der Waals surface area contributed by atoms with Crippen LogP contribution in [0.2, 0.25) is 0 Å². The second-order valence-electron chi connectivity index (χ2n) is 7.70. The Labute approximate surface area is 198 Å². The standard InChI is InChI=1S/C26H19N5O2S/c1-15-9-11-34-24(15)16-5-7-19-20(12-16)22-23(17(6-8-21(27)32)13-30-26(22)33)31-25(19)29-14-18-4-2-3-10-28-18/h2-5,7,9-13H,14H2,1H3,(H2,27,32)(H,29,31)(H,30,33). The number of primary amides is 1. The van der Waals surface area contributed by atoms with Gasteiger partial charge < -0.3 is 16.0 Å². The average molecular weight is 466 g/mol. The summed E-state index contributed by atoms with van der Waals surface area (Å²) in [6.45, 7) is 2.51. The van der Waals surface area contributed by atoms with Crippen molar-refractivity contribution in [3.8, 4) is 22.3 Å². The summed E-state index contributed by atoms with van der Waals surface area (Å²) < 4.78 is 0. The largest absolute Gasteiger partial charge is 0.364 e. The molecule has 1 amide bonds. The molecule has 5 rings (SSSR count). The van der Waals surface area contributed by atoms with Crippen LogP contribution in [0.15, 0.2) is 65.0 Å². The summed E-state index contributed by atoms with van der Waals surface area (Å²) in [6, 6.07) is 13.8. The van der Waals surface area contributed by atoms with Gasteiger partial charge in [-0.15, -0.1) is 11.3 Å². The summed E-state index contributed by atoms with van der Waals surface area (Å²) in [7, 11) is 0. The SMILES string of the molecule is Cc1ccsc1-c1ccc2c(NCc3ccccn3)nc3c(C#CC(N)=O)c[nH]c(=O)c3c2c1. The fourth-order valence-corrected chi connectivity index (χ4v) is 4.79. The van der Waals surface area contributed by atoms with Gasteiger partial charge in [0.05, 0.1) is 28.7 Å². The van der Waals surface area contributed by atoms with E-state index in [2.05, 4.69) is 40.1 Å². The topological polar surface area (TPSA) is 114 Å². The Morgan fingerprint density at radius 3 is 2.82 bits per heavy atom. The van der Waals surface area contributed by atoms with Gasteiger partial charge in [-0.25, -0.2) is 4.98 Å². The molecular formula is C26H19N5O2S. The van der Waals surface area contributed by atoms with E-state index in [0.29, 0.717) is 28.8 Å². The molecule has 166 valence electrons. The Morgan fingerprint density at radius 1 is 1.21 bits per heavy atom. The fraction of sp³-hybridized carbons (Fsp3) is 0.0769. The van der Waals surface area contributed by atoms with Gasteiger partial charge in [-0.3, -0.25) is 14.6 Å². The molecule has 0 spiro atoms. The Bertz CT molecular complexity index is 1680. The normalized spacial score (nSPS) is 10.7. The fourth-order valence-electron chi connectivity index (χ4n) is 3.86. The molecule has 0 saturated heterocycles. The first-order chi connectivity index (χ1) is 16.5. The third-order valence-corrected chi connectivity index (χ3v) is 6.51. The van der Waals surface area contributed by atoms with Gasteiger partial charge in [0.25, 0.3) is 11.5 Å². The van der Waals surface area contributed by atoms with Crippen LogP contribution in [-0.2, 0) is 11.3 Å². The van der Waals surface area contributed by atoms with Crippen molar-refractivity contribution in [2.45, 2.75) is 13.5 Å². The lowest BCUT2D eigenvalue weighted by atomic mass is 10.0. The maximum Gasteiger partial charge on any atom is 0.293 e. The summed E-state index contributed by atoms with van der Waals surface area (Å²) in [5.74, 6) is 4.91. The van der Waals surface area contributed by atoms with E-state index >= 15 is 0 Å². The van der Waals surface area contributed by atoms with Crippen LogP contribution in [0, 0.1) is 18.8 Å². The van der Waals surface area contributed by atoms with Crippen LogP contribution in [0.4, 0.5) is 5.82 Å². The number of aromatic amines is 1.